The van der Waals surface area contributed by atoms with Gasteiger partial charge in [0.1, 0.15) is 16.9 Å². The molecule has 0 spiro atoms. The molecule has 0 aliphatic heterocycles. The molecule has 5 rings (SSSR count). The summed E-state index contributed by atoms with van der Waals surface area (Å²) < 4.78 is 11.1. The van der Waals surface area contributed by atoms with Gasteiger partial charge in [0.2, 0.25) is 0 Å². The highest BCUT2D eigenvalue weighted by Crippen LogP contribution is 2.21. The predicted octanol–water partition coefficient (Wildman–Crippen LogP) is 5.48. The number of aromatic amines is 1. The first-order chi connectivity index (χ1) is 21.1. The van der Waals surface area contributed by atoms with E-state index in [0.717, 1.165) is 31.2 Å². The number of aliphatic hydroxyl groups is 1. The summed E-state index contributed by atoms with van der Waals surface area (Å²) in [5.74, 6) is 0.649. The number of hydrogen-bond donors (Lipinski definition) is 3. The molecule has 0 fully saturated rings. The summed E-state index contributed by atoms with van der Waals surface area (Å²) in [6.07, 6.45) is 3.55. The van der Waals surface area contributed by atoms with E-state index in [1.165, 1.54) is 11.1 Å². The minimum absolute atomic E-state index is 0.0448. The minimum Gasteiger partial charge on any atom is -0.497 e. The first-order valence-electron chi connectivity index (χ1n) is 14.3. The van der Waals surface area contributed by atoms with Crippen LogP contribution < -0.4 is 20.3 Å². The van der Waals surface area contributed by atoms with E-state index < -0.39 is 11.5 Å². The maximum absolute atomic E-state index is 12.8. The molecular formula is C35H37N3O5. The van der Waals surface area contributed by atoms with Gasteiger partial charge in [-0.05, 0) is 66.6 Å². The maximum Gasteiger partial charge on any atom is 0.287 e. The monoisotopic (exact) mass is 579 g/mol. The van der Waals surface area contributed by atoms with Gasteiger partial charge in [0, 0.05) is 13.2 Å². The number of rotatable bonds is 12. The molecule has 0 saturated heterocycles. The molecular weight excluding hydrogens is 542 g/mol. The summed E-state index contributed by atoms with van der Waals surface area (Å²) >= 11 is 0. The van der Waals surface area contributed by atoms with E-state index in [4.69, 9.17) is 14.6 Å². The van der Waals surface area contributed by atoms with E-state index in [1.807, 2.05) is 60.7 Å². The largest absolute Gasteiger partial charge is 0.497 e. The number of benzene rings is 4. The minimum atomic E-state index is -0.467. The third-order valence-corrected chi connectivity index (χ3v) is 6.67. The molecule has 8 heteroatoms. The Kier molecular flexibility index (Phi) is 11.9. The summed E-state index contributed by atoms with van der Waals surface area (Å²) in [5.41, 5.74) is 3.41. The van der Waals surface area contributed by atoms with Crippen molar-refractivity contribution in [3.05, 3.63) is 136 Å². The number of carbonyl (C=O) groups is 1. The van der Waals surface area contributed by atoms with Gasteiger partial charge in [-0.2, -0.15) is 0 Å². The Morgan fingerprint density at radius 1 is 0.837 bits per heavy atom. The molecule has 5 aromatic rings. The van der Waals surface area contributed by atoms with Gasteiger partial charge < -0.3 is 24.9 Å². The van der Waals surface area contributed by atoms with Crippen molar-refractivity contribution >= 4 is 16.8 Å². The first-order valence-corrected chi connectivity index (χ1v) is 14.3. The van der Waals surface area contributed by atoms with E-state index in [0.29, 0.717) is 29.0 Å². The molecule has 0 radical (unpaired) electrons. The van der Waals surface area contributed by atoms with Gasteiger partial charge in [-0.25, -0.2) is 4.98 Å². The zero-order valence-corrected chi connectivity index (χ0v) is 24.3. The van der Waals surface area contributed by atoms with Gasteiger partial charge in [-0.1, -0.05) is 78.9 Å². The lowest BCUT2D eigenvalue weighted by molar-refractivity contribution is 0.0940. The zero-order chi connectivity index (χ0) is 30.3. The number of nitrogens with zero attached hydrogens (tertiary/aromatic N) is 1. The van der Waals surface area contributed by atoms with Crippen molar-refractivity contribution in [2.24, 2.45) is 0 Å². The Labute approximate surface area is 251 Å². The van der Waals surface area contributed by atoms with Crippen LogP contribution >= 0.6 is 0 Å². The molecule has 0 atom stereocenters. The zero-order valence-electron chi connectivity index (χ0n) is 24.3. The summed E-state index contributed by atoms with van der Waals surface area (Å²) in [7, 11) is 1.59. The fourth-order valence-corrected chi connectivity index (χ4v) is 4.47. The second-order valence-electron chi connectivity index (χ2n) is 9.85. The Morgan fingerprint density at radius 3 is 2.16 bits per heavy atom. The Bertz CT molecular complexity index is 1640. The average Bonchev–Trinajstić information content (AvgIpc) is 3.06. The van der Waals surface area contributed by atoms with Gasteiger partial charge in [0.05, 0.1) is 19.2 Å². The summed E-state index contributed by atoms with van der Waals surface area (Å²) in [6.45, 7) is 1.04. The standard InChI is InChI=1S/C26H25N3O4.C9H12O/c1-32-20-12-5-10-19(16-20)17-27-26(31)24-28-21-13-6-14-22(23(21)25(30)29-24)33-15-7-11-18-8-3-2-4-9-18;10-8-4-7-9-5-2-1-3-6-9/h2-6,8-10,12-14,16H,7,11,15,17H2,1H3,(H,27,31)(H,28,29,30);1-3,5-6,10H,4,7-8H2. The summed E-state index contributed by atoms with van der Waals surface area (Å²) in [5, 5.41) is 11.6. The van der Waals surface area contributed by atoms with Crippen LogP contribution in [0.4, 0.5) is 0 Å². The van der Waals surface area contributed by atoms with Crippen molar-refractivity contribution in [3.63, 3.8) is 0 Å². The topological polar surface area (TPSA) is 114 Å². The summed E-state index contributed by atoms with van der Waals surface area (Å²) in [4.78, 5) is 32.3. The van der Waals surface area contributed by atoms with Crippen LogP contribution in [0.2, 0.25) is 0 Å². The van der Waals surface area contributed by atoms with Crippen molar-refractivity contribution in [2.75, 3.05) is 20.3 Å². The number of methoxy groups -OCH3 is 1. The number of nitrogens with one attached hydrogen (secondary N) is 2. The van der Waals surface area contributed by atoms with Gasteiger partial charge in [-0.15, -0.1) is 0 Å². The number of fused-ring (bicyclic) bond motifs is 1. The Morgan fingerprint density at radius 2 is 1.49 bits per heavy atom. The Balaban J connectivity index is 0.000000359. The molecule has 0 unspecified atom stereocenters. The third-order valence-electron chi connectivity index (χ3n) is 6.67. The first kappa shape index (κ1) is 31.0. The van der Waals surface area contributed by atoms with Crippen LogP contribution in [-0.4, -0.2) is 41.3 Å². The Hall–Kier alpha value is -4.95. The lowest BCUT2D eigenvalue weighted by Gasteiger charge is -2.10. The molecule has 0 bridgehead atoms. The highest BCUT2D eigenvalue weighted by molar-refractivity contribution is 5.93. The molecule has 0 aliphatic rings. The molecule has 3 N–H and O–H groups in total. The van der Waals surface area contributed by atoms with Gasteiger partial charge in [-0.3, -0.25) is 9.59 Å². The predicted molar refractivity (Wildman–Crippen MR) is 169 cm³/mol. The molecule has 0 saturated carbocycles. The van der Waals surface area contributed by atoms with Crippen LogP contribution in [-0.2, 0) is 19.4 Å². The number of aromatic nitrogens is 2. The number of aryl methyl sites for hydroxylation is 2. The van der Waals surface area contributed by atoms with Crippen molar-refractivity contribution in [2.45, 2.75) is 32.2 Å². The molecule has 43 heavy (non-hydrogen) atoms. The molecule has 1 heterocycles. The molecule has 222 valence electrons. The van der Waals surface area contributed by atoms with Crippen LogP contribution in [0.25, 0.3) is 10.9 Å². The van der Waals surface area contributed by atoms with Gasteiger partial charge in [0.25, 0.3) is 11.5 Å². The van der Waals surface area contributed by atoms with Crippen LogP contribution in [0.15, 0.2) is 108 Å². The quantitative estimate of drug-likeness (QED) is 0.169. The van der Waals surface area contributed by atoms with E-state index in [2.05, 4.69) is 39.6 Å². The lowest BCUT2D eigenvalue weighted by Crippen LogP contribution is -2.27. The van der Waals surface area contributed by atoms with Crippen LogP contribution in [0.5, 0.6) is 11.5 Å². The second kappa shape index (κ2) is 16.5. The van der Waals surface area contributed by atoms with E-state index in [-0.39, 0.29) is 19.0 Å². The number of amides is 1. The van der Waals surface area contributed by atoms with Crippen LogP contribution in [0.1, 0.15) is 40.2 Å². The molecule has 1 aromatic heterocycles. The van der Waals surface area contributed by atoms with Crippen LogP contribution in [0.3, 0.4) is 0 Å². The SMILES string of the molecule is COc1cccc(CNC(=O)c2nc3cccc(OCCCc4ccccc4)c3c(=O)[nH]2)c1.OCCCc1ccccc1. The molecule has 4 aromatic carbocycles. The smallest absolute Gasteiger partial charge is 0.287 e. The van der Waals surface area contributed by atoms with Crippen molar-refractivity contribution in [1.82, 2.24) is 15.3 Å². The fraction of sp³-hybridized carbons (Fsp3) is 0.229. The number of carbonyl (C=O) groups excluding carboxylic acids is 1. The maximum atomic E-state index is 12.8. The van der Waals surface area contributed by atoms with Crippen molar-refractivity contribution < 1.29 is 19.4 Å². The molecule has 8 nitrogen and oxygen atoms in total. The second-order valence-corrected chi connectivity index (χ2v) is 9.85. The van der Waals surface area contributed by atoms with Crippen molar-refractivity contribution in [3.8, 4) is 11.5 Å². The van der Waals surface area contributed by atoms with E-state index in [1.54, 1.807) is 25.3 Å². The molecule has 1 amide bonds. The summed E-state index contributed by atoms with van der Waals surface area (Å²) in [6, 6.07) is 32.9. The number of hydrogen-bond acceptors (Lipinski definition) is 6. The average molecular weight is 580 g/mol. The van der Waals surface area contributed by atoms with Gasteiger partial charge >= 0.3 is 0 Å². The number of H-pyrrole nitrogens is 1. The van der Waals surface area contributed by atoms with Gasteiger partial charge in [0.15, 0.2) is 5.82 Å². The van der Waals surface area contributed by atoms with E-state index in [9.17, 15) is 9.59 Å². The van der Waals surface area contributed by atoms with Crippen LogP contribution in [0, 0.1) is 0 Å². The molecule has 0 aliphatic carbocycles. The van der Waals surface area contributed by atoms with Crippen molar-refractivity contribution in [1.29, 1.82) is 0 Å². The lowest BCUT2D eigenvalue weighted by atomic mass is 10.1. The highest BCUT2D eigenvalue weighted by Gasteiger charge is 2.14. The normalized spacial score (nSPS) is 10.5. The van der Waals surface area contributed by atoms with E-state index >= 15 is 0 Å². The number of ether oxygens (including phenoxy) is 2. The fourth-order valence-electron chi connectivity index (χ4n) is 4.47. The highest BCUT2D eigenvalue weighted by atomic mass is 16.5. The number of aliphatic hydroxyl groups excluding tert-OH is 1. The third kappa shape index (κ3) is 9.55.